The zero-order valence-electron chi connectivity index (χ0n) is 21.4. The van der Waals surface area contributed by atoms with Crippen molar-refractivity contribution in [2.75, 3.05) is 0 Å². The fourth-order valence-electron chi connectivity index (χ4n) is 3.55. The van der Waals surface area contributed by atoms with Gasteiger partial charge in [-0.3, -0.25) is 9.97 Å². The third kappa shape index (κ3) is 5.50. The molecule has 0 amide bonds. The summed E-state index contributed by atoms with van der Waals surface area (Å²) >= 11 is 0. The van der Waals surface area contributed by atoms with E-state index in [-0.39, 0.29) is 21.7 Å². The van der Waals surface area contributed by atoms with Crippen LogP contribution >= 0.6 is 0 Å². The molecule has 0 atom stereocenters. The van der Waals surface area contributed by atoms with E-state index in [1.54, 1.807) is 0 Å². The van der Waals surface area contributed by atoms with Crippen molar-refractivity contribution >= 4 is 0 Å². The van der Waals surface area contributed by atoms with E-state index in [0.717, 1.165) is 25.0 Å². The summed E-state index contributed by atoms with van der Waals surface area (Å²) in [6.07, 6.45) is 3.04. The number of hydrogen-bond acceptors (Lipinski definition) is 2. The highest BCUT2D eigenvalue weighted by Gasteiger charge is 2.29. The Morgan fingerprint density at radius 2 is 1.13 bits per heavy atom. The third-order valence-corrected chi connectivity index (χ3v) is 6.96. The predicted molar refractivity (Wildman–Crippen MR) is 131 cm³/mol. The Kier molecular flexibility index (Phi) is 6.91. The maximum atomic E-state index is 5.16. The number of aromatic nitrogens is 2. The normalized spacial score (nSPS) is 13.6. The number of nitrogens with zero attached hydrogens (tertiary/aromatic N) is 2. The lowest BCUT2D eigenvalue weighted by Crippen LogP contribution is -2.27. The van der Waals surface area contributed by atoms with Gasteiger partial charge in [0.05, 0.1) is 0 Å². The third-order valence-electron chi connectivity index (χ3n) is 6.96. The van der Waals surface area contributed by atoms with Crippen molar-refractivity contribution in [2.24, 2.45) is 0 Å². The summed E-state index contributed by atoms with van der Waals surface area (Å²) in [6.45, 7) is 25.1. The van der Waals surface area contributed by atoms with Gasteiger partial charge in [-0.1, -0.05) is 82.2 Å². The lowest BCUT2D eigenvalue weighted by molar-refractivity contribution is 0.456. The zero-order valence-corrected chi connectivity index (χ0v) is 21.4. The molecule has 2 aromatic rings. The second-order valence-electron chi connectivity index (χ2n) is 11.9. The van der Waals surface area contributed by atoms with Crippen LogP contribution in [0.3, 0.4) is 0 Å². The molecule has 0 aliphatic carbocycles. The minimum absolute atomic E-state index is 0.0729. The SMILES string of the molecule is CCC(C)(C)c1cc(C(C)(C)C)cc(CC(C)(C)c2cccc(C(C)(C)CC)n2)n1. The molecule has 0 bridgehead atoms. The Balaban J connectivity index is 2.50. The van der Waals surface area contributed by atoms with Gasteiger partial charge in [-0.05, 0) is 48.1 Å². The summed E-state index contributed by atoms with van der Waals surface area (Å²) in [5, 5.41) is 0. The lowest BCUT2D eigenvalue weighted by Gasteiger charge is -2.30. The topological polar surface area (TPSA) is 25.8 Å². The van der Waals surface area contributed by atoms with Crippen LogP contribution in [0.1, 0.15) is 117 Å². The van der Waals surface area contributed by atoms with Crippen molar-refractivity contribution < 1.29 is 0 Å². The largest absolute Gasteiger partial charge is 0.257 e. The fraction of sp³-hybridized carbons (Fsp3) is 0.643. The highest BCUT2D eigenvalue weighted by Crippen LogP contribution is 2.34. The first-order valence-electron chi connectivity index (χ1n) is 11.6. The van der Waals surface area contributed by atoms with Crippen LogP contribution in [0.25, 0.3) is 0 Å². The first-order chi connectivity index (χ1) is 13.6. The molecule has 0 aromatic carbocycles. The van der Waals surface area contributed by atoms with Crippen LogP contribution in [-0.4, -0.2) is 9.97 Å². The van der Waals surface area contributed by atoms with Gasteiger partial charge >= 0.3 is 0 Å². The molecule has 0 fully saturated rings. The fourth-order valence-corrected chi connectivity index (χ4v) is 3.55. The van der Waals surface area contributed by atoms with E-state index in [9.17, 15) is 0 Å². The second-order valence-corrected chi connectivity index (χ2v) is 11.9. The Morgan fingerprint density at radius 1 is 0.633 bits per heavy atom. The van der Waals surface area contributed by atoms with E-state index in [4.69, 9.17) is 9.97 Å². The van der Waals surface area contributed by atoms with E-state index in [2.05, 4.69) is 106 Å². The maximum Gasteiger partial charge on any atom is 0.0467 e. The molecule has 0 saturated carbocycles. The minimum Gasteiger partial charge on any atom is -0.257 e. The van der Waals surface area contributed by atoms with Crippen LogP contribution in [0.5, 0.6) is 0 Å². The number of rotatable bonds is 7. The first-order valence-corrected chi connectivity index (χ1v) is 11.6. The van der Waals surface area contributed by atoms with Gasteiger partial charge in [0.1, 0.15) is 0 Å². The van der Waals surface area contributed by atoms with Crippen molar-refractivity contribution in [1.29, 1.82) is 0 Å². The second kappa shape index (κ2) is 8.44. The Bertz CT molecular complexity index is 866. The molecular weight excluding hydrogens is 364 g/mol. The van der Waals surface area contributed by atoms with Crippen LogP contribution in [0, 0.1) is 0 Å². The van der Waals surface area contributed by atoms with Crippen LogP contribution in [0.15, 0.2) is 30.3 Å². The quantitative estimate of drug-likeness (QED) is 0.469. The van der Waals surface area contributed by atoms with Crippen molar-refractivity contribution in [3.63, 3.8) is 0 Å². The van der Waals surface area contributed by atoms with Crippen LogP contribution in [0.2, 0.25) is 0 Å². The Morgan fingerprint density at radius 3 is 1.63 bits per heavy atom. The maximum absolute atomic E-state index is 5.16. The molecule has 2 aromatic heterocycles. The lowest BCUT2D eigenvalue weighted by atomic mass is 9.78. The molecule has 2 rings (SSSR count). The first kappa shape index (κ1) is 24.6. The molecular formula is C28H44N2. The molecule has 2 heteroatoms. The molecule has 166 valence electrons. The van der Waals surface area contributed by atoms with E-state index in [1.807, 2.05) is 0 Å². The molecule has 0 unspecified atom stereocenters. The number of hydrogen-bond donors (Lipinski definition) is 0. The van der Waals surface area contributed by atoms with Gasteiger partial charge in [-0.15, -0.1) is 0 Å². The highest BCUT2D eigenvalue weighted by molar-refractivity contribution is 5.33. The van der Waals surface area contributed by atoms with Gasteiger partial charge in [0.15, 0.2) is 0 Å². The smallest absolute Gasteiger partial charge is 0.0467 e. The summed E-state index contributed by atoms with van der Waals surface area (Å²) in [7, 11) is 0. The van der Waals surface area contributed by atoms with E-state index in [1.165, 1.54) is 22.6 Å². The Hall–Kier alpha value is -1.70. The van der Waals surface area contributed by atoms with Gasteiger partial charge in [0, 0.05) is 45.4 Å². The predicted octanol–water partition coefficient (Wildman–Crippen LogP) is 7.67. The molecule has 0 aliphatic rings. The average Bonchev–Trinajstić information content (AvgIpc) is 2.66. The van der Waals surface area contributed by atoms with Crippen LogP contribution in [-0.2, 0) is 28.1 Å². The molecule has 0 N–H and O–H groups in total. The molecule has 2 heterocycles. The molecule has 2 nitrogen and oxygen atoms in total. The summed E-state index contributed by atoms with van der Waals surface area (Å²) in [5.74, 6) is 0. The van der Waals surface area contributed by atoms with Crippen LogP contribution < -0.4 is 0 Å². The summed E-state index contributed by atoms with van der Waals surface area (Å²) < 4.78 is 0. The minimum atomic E-state index is -0.0863. The molecule has 0 spiro atoms. The molecule has 0 saturated heterocycles. The molecule has 30 heavy (non-hydrogen) atoms. The molecule has 0 radical (unpaired) electrons. The van der Waals surface area contributed by atoms with Gasteiger partial charge in [-0.25, -0.2) is 0 Å². The van der Waals surface area contributed by atoms with Crippen molar-refractivity contribution in [2.45, 2.75) is 117 Å². The van der Waals surface area contributed by atoms with Crippen molar-refractivity contribution in [3.8, 4) is 0 Å². The van der Waals surface area contributed by atoms with Crippen LogP contribution in [0.4, 0.5) is 0 Å². The van der Waals surface area contributed by atoms with E-state index >= 15 is 0 Å². The standard InChI is InChI=1S/C28H44N2/c1-12-26(6,7)22-15-14-16-23(30-22)28(10,11)19-21-17-20(25(3,4)5)18-24(29-21)27(8,9)13-2/h14-18H,12-13,19H2,1-11H3. The van der Waals surface area contributed by atoms with Gasteiger partial charge in [0.25, 0.3) is 0 Å². The number of pyridine rings is 2. The average molecular weight is 409 g/mol. The van der Waals surface area contributed by atoms with E-state index < -0.39 is 0 Å². The highest BCUT2D eigenvalue weighted by atomic mass is 14.8. The van der Waals surface area contributed by atoms with Crippen molar-refractivity contribution in [3.05, 3.63) is 58.7 Å². The molecule has 0 aliphatic heterocycles. The summed E-state index contributed by atoms with van der Waals surface area (Å²) in [6, 6.07) is 11.2. The van der Waals surface area contributed by atoms with E-state index in [0.29, 0.717) is 0 Å². The van der Waals surface area contributed by atoms with Crippen molar-refractivity contribution in [1.82, 2.24) is 9.97 Å². The summed E-state index contributed by atoms with van der Waals surface area (Å²) in [4.78, 5) is 10.3. The van der Waals surface area contributed by atoms with Gasteiger partial charge in [0.2, 0.25) is 0 Å². The Labute approximate surface area is 185 Å². The van der Waals surface area contributed by atoms with Gasteiger partial charge in [-0.2, -0.15) is 0 Å². The van der Waals surface area contributed by atoms with Gasteiger partial charge < -0.3 is 0 Å². The zero-order chi connectivity index (χ0) is 23.0. The monoisotopic (exact) mass is 408 g/mol. The summed E-state index contributed by atoms with van der Waals surface area (Å²) in [5.41, 5.74) is 6.26.